The fourth-order valence-electron chi connectivity index (χ4n) is 0.652. The van der Waals surface area contributed by atoms with Crippen LogP contribution in [0.25, 0.3) is 0 Å². The lowest BCUT2D eigenvalue weighted by Crippen LogP contribution is -2.44. The van der Waals surface area contributed by atoms with E-state index in [4.69, 9.17) is 12.2 Å². The highest BCUT2D eigenvalue weighted by Crippen LogP contribution is 1.84. The van der Waals surface area contributed by atoms with Crippen molar-refractivity contribution in [2.75, 3.05) is 0 Å². The summed E-state index contributed by atoms with van der Waals surface area (Å²) in [4.78, 5) is 21.4. The highest BCUT2D eigenvalue weighted by molar-refractivity contribution is 7.80. The maximum Gasteiger partial charge on any atom is 0.221 e. The summed E-state index contributed by atoms with van der Waals surface area (Å²) < 4.78 is 0. The van der Waals surface area contributed by atoms with E-state index in [9.17, 15) is 9.59 Å². The fraction of sp³-hybridized carbons (Fsp3) is 0.571. The van der Waals surface area contributed by atoms with Gasteiger partial charge in [0.15, 0.2) is 0 Å². The molecule has 0 bridgehead atoms. The van der Waals surface area contributed by atoms with Crippen molar-refractivity contribution >= 4 is 29.0 Å². The van der Waals surface area contributed by atoms with Crippen LogP contribution in [0.15, 0.2) is 0 Å². The van der Waals surface area contributed by atoms with E-state index in [1.807, 2.05) is 0 Å². The molecule has 0 aliphatic carbocycles. The molecule has 0 saturated carbocycles. The summed E-state index contributed by atoms with van der Waals surface area (Å²) in [5.41, 5.74) is 0. The molecule has 0 rings (SSSR count). The zero-order chi connectivity index (χ0) is 9.72. The van der Waals surface area contributed by atoms with Gasteiger partial charge in [-0.15, -0.1) is 0 Å². The monoisotopic (exact) mass is 188 g/mol. The van der Waals surface area contributed by atoms with Crippen LogP contribution in [-0.2, 0) is 9.59 Å². The SMILES string of the molecule is CC(=O)NC(=S)C(C)NC(C)=O. The first kappa shape index (κ1) is 11.0. The molecular formula is C7H12N2O2S. The molecule has 0 aromatic heterocycles. The normalized spacial score (nSPS) is 11.6. The predicted octanol–water partition coefficient (Wildman–Crippen LogP) is -0.0255. The van der Waals surface area contributed by atoms with E-state index in [-0.39, 0.29) is 17.9 Å². The molecule has 1 atom stereocenters. The van der Waals surface area contributed by atoms with Gasteiger partial charge in [-0.1, -0.05) is 12.2 Å². The molecule has 0 heterocycles. The Bertz CT molecular complexity index is 215. The maximum absolute atomic E-state index is 10.6. The lowest BCUT2D eigenvalue weighted by atomic mass is 10.3. The van der Waals surface area contributed by atoms with Crippen LogP contribution in [-0.4, -0.2) is 22.8 Å². The van der Waals surface area contributed by atoms with Crippen LogP contribution in [0.3, 0.4) is 0 Å². The minimum absolute atomic E-state index is 0.171. The minimum Gasteiger partial charge on any atom is -0.347 e. The quantitative estimate of drug-likeness (QED) is 0.598. The molecule has 0 aliphatic heterocycles. The van der Waals surface area contributed by atoms with Crippen molar-refractivity contribution in [2.24, 2.45) is 0 Å². The summed E-state index contributed by atoms with van der Waals surface area (Å²) in [7, 11) is 0. The van der Waals surface area contributed by atoms with Gasteiger partial charge in [0.05, 0.1) is 6.04 Å². The third-order valence-corrected chi connectivity index (χ3v) is 1.57. The van der Waals surface area contributed by atoms with E-state index in [1.54, 1.807) is 6.92 Å². The van der Waals surface area contributed by atoms with E-state index in [0.29, 0.717) is 4.99 Å². The highest BCUT2D eigenvalue weighted by atomic mass is 32.1. The van der Waals surface area contributed by atoms with Gasteiger partial charge in [0, 0.05) is 13.8 Å². The van der Waals surface area contributed by atoms with Crippen LogP contribution < -0.4 is 10.6 Å². The summed E-state index contributed by atoms with van der Waals surface area (Å²) in [6.07, 6.45) is 0. The van der Waals surface area contributed by atoms with E-state index in [0.717, 1.165) is 0 Å². The van der Waals surface area contributed by atoms with Gasteiger partial charge in [-0.25, -0.2) is 0 Å². The molecule has 0 aliphatic rings. The van der Waals surface area contributed by atoms with Crippen molar-refractivity contribution < 1.29 is 9.59 Å². The summed E-state index contributed by atoms with van der Waals surface area (Å²) in [5, 5.41) is 4.98. The van der Waals surface area contributed by atoms with Crippen molar-refractivity contribution in [2.45, 2.75) is 26.8 Å². The van der Waals surface area contributed by atoms with Crippen LogP contribution in [0.5, 0.6) is 0 Å². The van der Waals surface area contributed by atoms with Crippen LogP contribution in [0.4, 0.5) is 0 Å². The summed E-state index contributed by atoms with van der Waals surface area (Å²) in [5.74, 6) is -0.396. The van der Waals surface area contributed by atoms with Crippen LogP contribution in [0, 0.1) is 0 Å². The Balaban J connectivity index is 3.93. The molecule has 1 unspecified atom stereocenters. The molecule has 0 radical (unpaired) electrons. The van der Waals surface area contributed by atoms with Crippen LogP contribution in [0.1, 0.15) is 20.8 Å². The minimum atomic E-state index is -0.304. The van der Waals surface area contributed by atoms with E-state index in [2.05, 4.69) is 10.6 Å². The number of carbonyl (C=O) groups is 2. The molecular weight excluding hydrogens is 176 g/mol. The number of amides is 2. The van der Waals surface area contributed by atoms with Crippen LogP contribution >= 0.6 is 12.2 Å². The number of rotatable bonds is 2. The third kappa shape index (κ3) is 4.79. The standard InChI is InChI=1S/C7H12N2O2S/c1-4(8-5(2)10)7(12)9-6(3)11/h4H,1-3H3,(H,8,10)(H,9,11,12). The second-order valence-electron chi connectivity index (χ2n) is 2.47. The van der Waals surface area contributed by atoms with Gasteiger partial charge in [-0.05, 0) is 6.92 Å². The number of carbonyl (C=O) groups excluding carboxylic acids is 2. The Kier molecular flexibility index (Phi) is 4.43. The Hall–Kier alpha value is -0.970. The average Bonchev–Trinajstić information content (AvgIpc) is 1.84. The molecule has 2 amide bonds. The number of hydrogen-bond donors (Lipinski definition) is 2. The van der Waals surface area contributed by atoms with Crippen molar-refractivity contribution in [3.63, 3.8) is 0 Å². The lowest BCUT2D eigenvalue weighted by molar-refractivity contribution is -0.120. The number of hydrogen-bond acceptors (Lipinski definition) is 3. The molecule has 0 saturated heterocycles. The van der Waals surface area contributed by atoms with Gasteiger partial charge < -0.3 is 10.6 Å². The van der Waals surface area contributed by atoms with Crippen molar-refractivity contribution in [1.29, 1.82) is 0 Å². The van der Waals surface area contributed by atoms with E-state index < -0.39 is 0 Å². The largest absolute Gasteiger partial charge is 0.347 e. The predicted molar refractivity (Wildman–Crippen MR) is 49.7 cm³/mol. The van der Waals surface area contributed by atoms with Gasteiger partial charge in [0.25, 0.3) is 0 Å². The third-order valence-electron chi connectivity index (χ3n) is 1.11. The highest BCUT2D eigenvalue weighted by Gasteiger charge is 2.09. The van der Waals surface area contributed by atoms with E-state index >= 15 is 0 Å². The van der Waals surface area contributed by atoms with Gasteiger partial charge in [0.1, 0.15) is 4.99 Å². The van der Waals surface area contributed by atoms with Gasteiger partial charge in [-0.2, -0.15) is 0 Å². The van der Waals surface area contributed by atoms with Crippen molar-refractivity contribution in [3.05, 3.63) is 0 Å². The summed E-state index contributed by atoms with van der Waals surface area (Å²) in [6, 6.07) is -0.304. The molecule has 0 aromatic carbocycles. The Labute approximate surface area is 76.7 Å². The summed E-state index contributed by atoms with van der Waals surface area (Å²) in [6.45, 7) is 4.47. The molecule has 0 spiro atoms. The fourth-order valence-corrected chi connectivity index (χ4v) is 0.855. The van der Waals surface area contributed by atoms with Crippen molar-refractivity contribution in [3.8, 4) is 0 Å². The molecule has 0 aromatic rings. The Morgan fingerprint density at radius 1 is 1.25 bits per heavy atom. The molecule has 5 heteroatoms. The van der Waals surface area contributed by atoms with Crippen molar-refractivity contribution in [1.82, 2.24) is 10.6 Å². The second kappa shape index (κ2) is 4.82. The molecule has 12 heavy (non-hydrogen) atoms. The number of nitrogens with one attached hydrogen (secondary N) is 2. The van der Waals surface area contributed by atoms with Gasteiger partial charge in [0.2, 0.25) is 11.8 Å². The zero-order valence-corrected chi connectivity index (χ0v) is 8.12. The first-order chi connectivity index (χ1) is 5.43. The lowest BCUT2D eigenvalue weighted by Gasteiger charge is -2.13. The average molecular weight is 188 g/mol. The smallest absolute Gasteiger partial charge is 0.221 e. The zero-order valence-electron chi connectivity index (χ0n) is 7.30. The van der Waals surface area contributed by atoms with Gasteiger partial charge in [-0.3, -0.25) is 9.59 Å². The Morgan fingerprint density at radius 2 is 1.75 bits per heavy atom. The number of thiocarbonyl (C=S) groups is 1. The molecule has 68 valence electrons. The maximum atomic E-state index is 10.6. The molecule has 2 N–H and O–H groups in total. The van der Waals surface area contributed by atoms with E-state index in [1.165, 1.54) is 13.8 Å². The Morgan fingerprint density at radius 3 is 2.08 bits per heavy atom. The first-order valence-electron chi connectivity index (χ1n) is 3.52. The molecule has 4 nitrogen and oxygen atoms in total. The topological polar surface area (TPSA) is 58.2 Å². The van der Waals surface area contributed by atoms with Crippen LogP contribution in [0.2, 0.25) is 0 Å². The molecule has 0 fully saturated rings. The second-order valence-corrected chi connectivity index (χ2v) is 2.91. The summed E-state index contributed by atoms with van der Waals surface area (Å²) >= 11 is 4.82. The van der Waals surface area contributed by atoms with Gasteiger partial charge >= 0.3 is 0 Å². The first-order valence-corrected chi connectivity index (χ1v) is 3.93.